The van der Waals surface area contributed by atoms with E-state index in [0.29, 0.717) is 18.8 Å². The average molecular weight is 372 g/mol. The van der Waals surface area contributed by atoms with Crippen LogP contribution in [0.15, 0.2) is 12.1 Å². The van der Waals surface area contributed by atoms with Gasteiger partial charge in [0.05, 0.1) is 12.5 Å². The Bertz CT molecular complexity index is 600. The zero-order chi connectivity index (χ0) is 18.8. The molecule has 0 heterocycles. The maximum atomic E-state index is 15.2. The first-order valence-electron chi connectivity index (χ1n) is 9.88. The monoisotopic (exact) mass is 372 g/mol. The normalized spacial score (nSPS) is 34.4. The number of alkyl halides is 2. The third-order valence-corrected chi connectivity index (χ3v) is 6.30. The first-order valence-corrected chi connectivity index (χ1v) is 9.88. The molecule has 0 radical (unpaired) electrons. The first-order chi connectivity index (χ1) is 12.5. The van der Waals surface area contributed by atoms with Crippen LogP contribution < -0.4 is 4.74 Å². The third-order valence-electron chi connectivity index (χ3n) is 6.30. The van der Waals surface area contributed by atoms with Gasteiger partial charge in [0, 0.05) is 5.56 Å². The molecule has 0 saturated heterocycles. The predicted octanol–water partition coefficient (Wildman–Crippen LogP) is 6.36. The van der Waals surface area contributed by atoms with Crippen LogP contribution in [0.4, 0.5) is 17.6 Å². The fraction of sp³-hybridized carbons (Fsp3) is 0.714. The average Bonchev–Trinajstić information content (AvgIpc) is 2.77. The Kier molecular flexibility index (Phi) is 6.13. The van der Waals surface area contributed by atoms with E-state index < -0.39 is 41.7 Å². The van der Waals surface area contributed by atoms with E-state index in [9.17, 15) is 8.78 Å². The number of hydrogen-bond donors (Lipinski definition) is 0. The lowest BCUT2D eigenvalue weighted by molar-refractivity contribution is 0.200. The molecule has 26 heavy (non-hydrogen) atoms. The predicted molar refractivity (Wildman–Crippen MR) is 93.9 cm³/mol. The van der Waals surface area contributed by atoms with Gasteiger partial charge in [0.25, 0.3) is 0 Å². The largest absolute Gasteiger partial charge is 0.491 e. The summed E-state index contributed by atoms with van der Waals surface area (Å²) < 4.78 is 64.0. The van der Waals surface area contributed by atoms with Crippen molar-refractivity contribution in [3.8, 4) is 5.75 Å². The van der Waals surface area contributed by atoms with Crippen LogP contribution in [0, 0.1) is 29.4 Å². The van der Waals surface area contributed by atoms with E-state index >= 15 is 8.78 Å². The van der Waals surface area contributed by atoms with Crippen molar-refractivity contribution in [3.05, 3.63) is 29.3 Å². The van der Waals surface area contributed by atoms with Crippen molar-refractivity contribution in [1.82, 2.24) is 0 Å². The molecule has 1 aromatic carbocycles. The molecule has 1 aromatic rings. The summed E-state index contributed by atoms with van der Waals surface area (Å²) in [5.74, 6) is -4.03. The molecule has 2 saturated carbocycles. The van der Waals surface area contributed by atoms with Crippen LogP contribution in [0.5, 0.6) is 5.75 Å². The maximum absolute atomic E-state index is 15.2. The zero-order valence-electron chi connectivity index (χ0n) is 15.5. The topological polar surface area (TPSA) is 9.23 Å². The fourth-order valence-electron chi connectivity index (χ4n) is 5.04. The van der Waals surface area contributed by atoms with Gasteiger partial charge in [-0.25, -0.2) is 13.2 Å². The van der Waals surface area contributed by atoms with Gasteiger partial charge in [-0.1, -0.05) is 38.7 Å². The van der Waals surface area contributed by atoms with Crippen LogP contribution in [-0.2, 0) is 0 Å². The highest BCUT2D eigenvalue weighted by atomic mass is 19.2. The summed E-state index contributed by atoms with van der Waals surface area (Å²) in [5, 5.41) is 0. The summed E-state index contributed by atoms with van der Waals surface area (Å²) in [6.07, 6.45) is 2.30. The van der Waals surface area contributed by atoms with Gasteiger partial charge in [-0.05, 0) is 43.6 Å². The molecule has 2 aliphatic rings. The minimum atomic E-state index is -1.47. The van der Waals surface area contributed by atoms with Gasteiger partial charge in [0.1, 0.15) is 12.3 Å². The number of rotatable bonds is 5. The summed E-state index contributed by atoms with van der Waals surface area (Å²) in [7, 11) is 0. The lowest BCUT2D eigenvalue weighted by atomic mass is 9.89. The van der Waals surface area contributed by atoms with E-state index in [0.717, 1.165) is 25.7 Å². The molecular formula is C21H28F4O. The highest BCUT2D eigenvalue weighted by Crippen LogP contribution is 2.53. The molecule has 146 valence electrons. The lowest BCUT2D eigenvalue weighted by Crippen LogP contribution is -2.20. The first kappa shape index (κ1) is 19.5. The number of ether oxygens (including phenoxy) is 1. The fourth-order valence-corrected chi connectivity index (χ4v) is 5.04. The van der Waals surface area contributed by atoms with Gasteiger partial charge in [-0.2, -0.15) is 4.39 Å². The second-order valence-corrected chi connectivity index (χ2v) is 7.77. The summed E-state index contributed by atoms with van der Waals surface area (Å²) in [5.41, 5.74) is -0.191. The van der Waals surface area contributed by atoms with Crippen LogP contribution in [0.25, 0.3) is 0 Å². The van der Waals surface area contributed by atoms with Crippen molar-refractivity contribution in [2.45, 2.75) is 70.6 Å². The van der Waals surface area contributed by atoms with Gasteiger partial charge >= 0.3 is 0 Å². The maximum Gasteiger partial charge on any atom is 0.200 e. The Morgan fingerprint density at radius 2 is 1.54 bits per heavy atom. The summed E-state index contributed by atoms with van der Waals surface area (Å²) in [6, 6.07) is 2.57. The molecule has 4 unspecified atom stereocenters. The zero-order valence-corrected chi connectivity index (χ0v) is 15.5. The number of fused-ring (bicyclic) bond motifs is 1. The molecule has 0 bridgehead atoms. The van der Waals surface area contributed by atoms with Gasteiger partial charge in [0.15, 0.2) is 11.6 Å². The molecule has 0 amide bonds. The number of benzene rings is 1. The molecule has 2 fully saturated rings. The highest BCUT2D eigenvalue weighted by molar-refractivity contribution is 5.35. The molecule has 5 heteroatoms. The van der Waals surface area contributed by atoms with Crippen LogP contribution >= 0.6 is 0 Å². The van der Waals surface area contributed by atoms with Gasteiger partial charge in [-0.15, -0.1) is 0 Å². The quantitative estimate of drug-likeness (QED) is 0.547. The molecule has 0 spiro atoms. The van der Waals surface area contributed by atoms with Crippen molar-refractivity contribution >= 4 is 0 Å². The third kappa shape index (κ3) is 3.46. The van der Waals surface area contributed by atoms with E-state index in [4.69, 9.17) is 4.74 Å². The van der Waals surface area contributed by atoms with Crippen LogP contribution in [-0.4, -0.2) is 19.0 Å². The summed E-state index contributed by atoms with van der Waals surface area (Å²) in [4.78, 5) is 0. The summed E-state index contributed by atoms with van der Waals surface area (Å²) in [6.45, 7) is 3.98. The van der Waals surface area contributed by atoms with E-state index in [1.807, 2.05) is 0 Å². The standard InChI is InChI=1S/C21H28F4O/c1-3-5-12-6-8-13-14(9-7-12)19(23)17(18(13)22)15-10-11-16(26-4-2)21(25)20(15)24/h10-14,17-19H,3-9H2,1-2H3. The van der Waals surface area contributed by atoms with Gasteiger partial charge < -0.3 is 4.74 Å². The minimum absolute atomic E-state index is 0.191. The van der Waals surface area contributed by atoms with Crippen LogP contribution in [0.2, 0.25) is 0 Å². The van der Waals surface area contributed by atoms with Crippen molar-refractivity contribution in [2.75, 3.05) is 6.61 Å². The molecular weight excluding hydrogens is 344 g/mol. The molecule has 4 atom stereocenters. The van der Waals surface area contributed by atoms with E-state index in [1.54, 1.807) is 6.92 Å². The van der Waals surface area contributed by atoms with E-state index in [-0.39, 0.29) is 17.9 Å². The van der Waals surface area contributed by atoms with Gasteiger partial charge in [-0.3, -0.25) is 0 Å². The van der Waals surface area contributed by atoms with E-state index in [1.165, 1.54) is 12.1 Å². The molecule has 0 aliphatic heterocycles. The molecule has 2 aliphatic carbocycles. The van der Waals surface area contributed by atoms with Crippen LogP contribution in [0.1, 0.15) is 63.9 Å². The Labute approximate surface area is 153 Å². The van der Waals surface area contributed by atoms with Crippen LogP contribution in [0.3, 0.4) is 0 Å². The highest BCUT2D eigenvalue weighted by Gasteiger charge is 2.53. The van der Waals surface area contributed by atoms with Crippen molar-refractivity contribution in [1.29, 1.82) is 0 Å². The van der Waals surface area contributed by atoms with Crippen molar-refractivity contribution < 1.29 is 22.3 Å². The molecule has 1 nitrogen and oxygen atoms in total. The minimum Gasteiger partial charge on any atom is -0.491 e. The molecule has 3 rings (SSSR count). The molecule has 0 N–H and O–H groups in total. The van der Waals surface area contributed by atoms with Gasteiger partial charge in [0.2, 0.25) is 5.82 Å². The lowest BCUT2D eigenvalue weighted by Gasteiger charge is -2.21. The SMILES string of the molecule is CCCC1CCC2C(F)C(c3ccc(OCC)c(F)c3F)C(F)C2CC1. The Morgan fingerprint density at radius 3 is 2.08 bits per heavy atom. The summed E-state index contributed by atoms with van der Waals surface area (Å²) >= 11 is 0. The van der Waals surface area contributed by atoms with E-state index in [2.05, 4.69) is 6.92 Å². The molecule has 0 aromatic heterocycles. The number of hydrogen-bond acceptors (Lipinski definition) is 1. The Hall–Kier alpha value is -1.26. The second-order valence-electron chi connectivity index (χ2n) is 7.77. The Morgan fingerprint density at radius 1 is 0.923 bits per heavy atom. The Balaban J connectivity index is 1.84. The second kappa shape index (κ2) is 8.18. The van der Waals surface area contributed by atoms with Crippen molar-refractivity contribution in [3.63, 3.8) is 0 Å². The smallest absolute Gasteiger partial charge is 0.200 e. The number of halogens is 4. The van der Waals surface area contributed by atoms with Crippen molar-refractivity contribution in [2.24, 2.45) is 17.8 Å².